The van der Waals surface area contributed by atoms with Crippen LogP contribution < -0.4 is 21.3 Å². The predicted octanol–water partition coefficient (Wildman–Crippen LogP) is 4.99. The van der Waals surface area contributed by atoms with Gasteiger partial charge in [0.05, 0.1) is 12.1 Å². The highest BCUT2D eigenvalue weighted by molar-refractivity contribution is 6.38. The van der Waals surface area contributed by atoms with Crippen molar-refractivity contribution in [2.24, 2.45) is 22.7 Å². The van der Waals surface area contributed by atoms with E-state index in [4.69, 9.17) is 0 Å². The molecule has 1 unspecified atom stereocenters. The molecule has 3 rings (SSSR count). The summed E-state index contributed by atoms with van der Waals surface area (Å²) in [6.07, 6.45) is 8.93. The summed E-state index contributed by atoms with van der Waals surface area (Å²) in [7, 11) is 0. The predicted molar refractivity (Wildman–Crippen MR) is 191 cm³/mol. The minimum atomic E-state index is -0.969. The van der Waals surface area contributed by atoms with E-state index < -0.39 is 58.8 Å². The van der Waals surface area contributed by atoms with E-state index in [1.54, 1.807) is 4.90 Å². The fourth-order valence-corrected chi connectivity index (χ4v) is 7.49. The fraction of sp³-hybridized carbons (Fsp3) is 0.868. The summed E-state index contributed by atoms with van der Waals surface area (Å²) in [5.74, 6) is -1.87. The Bertz CT molecular complexity index is 1160. The summed E-state index contributed by atoms with van der Waals surface area (Å²) in [6, 6.07) is -3.17. The van der Waals surface area contributed by atoms with Gasteiger partial charge in [-0.1, -0.05) is 94.4 Å². The molecule has 11 heteroatoms. The third-order valence-corrected chi connectivity index (χ3v) is 10.5. The smallest absolute Gasteiger partial charge is 0.315 e. The lowest BCUT2D eigenvalue weighted by atomic mass is 9.75. The minimum absolute atomic E-state index is 0.0225. The highest BCUT2D eigenvalue weighted by Gasteiger charge is 2.47. The van der Waals surface area contributed by atoms with Crippen LogP contribution in [0.3, 0.4) is 0 Å². The van der Waals surface area contributed by atoms with Crippen LogP contribution >= 0.6 is 0 Å². The van der Waals surface area contributed by atoms with Gasteiger partial charge in [0.1, 0.15) is 12.1 Å². The van der Waals surface area contributed by atoms with Gasteiger partial charge in [-0.3, -0.25) is 19.2 Å². The van der Waals surface area contributed by atoms with E-state index in [-0.39, 0.29) is 29.2 Å². The van der Waals surface area contributed by atoms with Gasteiger partial charge in [-0.05, 0) is 74.0 Å². The number of Topliss-reactive ketones (excluding diaryl/α,β-unsaturated/α-hetero) is 1. The van der Waals surface area contributed by atoms with Gasteiger partial charge in [0, 0.05) is 18.1 Å². The number of unbranched alkanes of at least 4 members (excludes halogenated alkanes) is 1. The van der Waals surface area contributed by atoms with E-state index in [1.807, 2.05) is 27.7 Å². The van der Waals surface area contributed by atoms with Crippen LogP contribution in [0.2, 0.25) is 0 Å². The summed E-state index contributed by atoms with van der Waals surface area (Å²) in [5, 5.41) is 22.8. The van der Waals surface area contributed by atoms with Crippen molar-refractivity contribution in [2.45, 2.75) is 182 Å². The number of hydrogen-bond acceptors (Lipinski definition) is 6. The molecule has 0 aromatic rings. The molecule has 3 fully saturated rings. The van der Waals surface area contributed by atoms with Crippen LogP contribution in [-0.4, -0.2) is 81.9 Å². The number of rotatable bonds is 15. The molecule has 5 amide bonds. The molecule has 1 saturated heterocycles. The fourth-order valence-electron chi connectivity index (χ4n) is 7.49. The number of urea groups is 1. The highest BCUT2D eigenvalue weighted by atomic mass is 16.3. The van der Waals surface area contributed by atoms with Crippen molar-refractivity contribution < 1.29 is 29.1 Å². The highest BCUT2D eigenvalue weighted by Crippen LogP contribution is 2.36. The van der Waals surface area contributed by atoms with Gasteiger partial charge in [-0.15, -0.1) is 0 Å². The Labute approximate surface area is 295 Å². The molecular formula is C38H67N5O6. The van der Waals surface area contributed by atoms with E-state index in [9.17, 15) is 29.1 Å². The zero-order chi connectivity index (χ0) is 36.7. The Hall–Kier alpha value is -2.69. The quantitative estimate of drug-likeness (QED) is 0.153. The van der Waals surface area contributed by atoms with Crippen molar-refractivity contribution in [3.63, 3.8) is 0 Å². The molecule has 0 bridgehead atoms. The number of likely N-dealkylation sites (tertiary alicyclic amines) is 1. The average Bonchev–Trinajstić information content (AvgIpc) is 3.68. The van der Waals surface area contributed by atoms with Crippen LogP contribution in [0.25, 0.3) is 0 Å². The lowest BCUT2D eigenvalue weighted by Crippen LogP contribution is -2.62. The van der Waals surface area contributed by atoms with E-state index in [0.717, 1.165) is 51.4 Å². The van der Waals surface area contributed by atoms with Crippen LogP contribution in [0.15, 0.2) is 0 Å². The van der Waals surface area contributed by atoms with Crippen LogP contribution in [-0.2, 0) is 19.2 Å². The van der Waals surface area contributed by atoms with Gasteiger partial charge in [0.25, 0.3) is 5.91 Å². The Morgan fingerprint density at radius 3 is 2.10 bits per heavy atom. The monoisotopic (exact) mass is 690 g/mol. The SMILES string of the molecule is CCCC[C@@H](NC(=O)[C@@H]1C[C@@H](C(C)C)CN1C(=O)[C@@H](NC(=O)NC1(CC(O)CC(C)(C)C)CCCCC1)C(C)(C)C)C(=O)C(=O)NC1CC1. The maximum Gasteiger partial charge on any atom is 0.315 e. The summed E-state index contributed by atoms with van der Waals surface area (Å²) in [5.41, 5.74) is -1.31. The zero-order valence-electron chi connectivity index (χ0n) is 31.9. The number of aliphatic hydroxyl groups is 1. The van der Waals surface area contributed by atoms with Gasteiger partial charge >= 0.3 is 6.03 Å². The second kappa shape index (κ2) is 17.0. The largest absolute Gasteiger partial charge is 0.393 e. The Kier molecular flexibility index (Phi) is 14.1. The lowest BCUT2D eigenvalue weighted by molar-refractivity contribution is -0.144. The maximum absolute atomic E-state index is 14.5. The average molecular weight is 690 g/mol. The van der Waals surface area contributed by atoms with Gasteiger partial charge < -0.3 is 31.3 Å². The number of aliphatic hydroxyl groups excluding tert-OH is 1. The first-order chi connectivity index (χ1) is 22.7. The molecule has 0 aromatic carbocycles. The van der Waals surface area contributed by atoms with E-state index in [0.29, 0.717) is 38.6 Å². The van der Waals surface area contributed by atoms with E-state index in [1.165, 1.54) is 0 Å². The van der Waals surface area contributed by atoms with Crippen molar-refractivity contribution in [3.8, 4) is 0 Å². The Morgan fingerprint density at radius 2 is 1.57 bits per heavy atom. The molecule has 2 saturated carbocycles. The molecule has 1 heterocycles. The zero-order valence-corrected chi connectivity index (χ0v) is 31.9. The lowest BCUT2D eigenvalue weighted by Gasteiger charge is -2.42. The maximum atomic E-state index is 14.5. The van der Waals surface area contributed by atoms with Crippen LogP contribution in [0.4, 0.5) is 4.79 Å². The molecule has 0 radical (unpaired) electrons. The van der Waals surface area contributed by atoms with E-state index >= 15 is 0 Å². The number of carbonyl (C=O) groups is 5. The van der Waals surface area contributed by atoms with Gasteiger partial charge in [-0.25, -0.2) is 4.79 Å². The Balaban J connectivity index is 1.80. The van der Waals surface area contributed by atoms with Gasteiger partial charge in [0.2, 0.25) is 17.6 Å². The van der Waals surface area contributed by atoms with Crippen LogP contribution in [0, 0.1) is 22.7 Å². The first kappa shape index (κ1) is 40.7. The van der Waals surface area contributed by atoms with Crippen LogP contribution in [0.1, 0.15) is 146 Å². The molecule has 11 nitrogen and oxygen atoms in total. The molecule has 1 aliphatic heterocycles. The first-order valence-corrected chi connectivity index (χ1v) is 19.0. The third kappa shape index (κ3) is 12.2. The first-order valence-electron chi connectivity index (χ1n) is 19.0. The second-order valence-electron chi connectivity index (χ2n) is 17.9. The number of ketones is 1. The molecule has 0 aromatic heterocycles. The molecule has 2 aliphatic carbocycles. The van der Waals surface area contributed by atoms with Gasteiger partial charge in [-0.2, -0.15) is 0 Å². The van der Waals surface area contributed by atoms with Crippen molar-refractivity contribution in [1.29, 1.82) is 0 Å². The topological polar surface area (TPSA) is 157 Å². The molecule has 280 valence electrons. The molecule has 5 atom stereocenters. The molecular weight excluding hydrogens is 622 g/mol. The van der Waals surface area contributed by atoms with Crippen LogP contribution in [0.5, 0.6) is 0 Å². The Morgan fingerprint density at radius 1 is 0.939 bits per heavy atom. The molecule has 5 N–H and O–H groups in total. The summed E-state index contributed by atoms with van der Waals surface area (Å²) >= 11 is 0. The van der Waals surface area contributed by atoms with E-state index in [2.05, 4.69) is 55.9 Å². The number of hydrogen-bond donors (Lipinski definition) is 5. The standard InChI is InChI=1S/C38H67N5O6/c1-10-11-15-28(30(45)33(47)39-26-16-17-26)40-32(46)29-20-25(24(2)3)23-43(29)34(48)31(37(7,8)9)41-35(49)42-38(18-13-12-14-19-38)22-27(44)21-36(4,5)6/h24-29,31,44H,10-23H2,1-9H3,(H,39,47)(H,40,46)(H2,41,42,49)/t25-,27?,28-,29+,31-/m1/s1. The molecule has 0 spiro atoms. The molecule has 3 aliphatic rings. The second-order valence-corrected chi connectivity index (χ2v) is 17.9. The summed E-state index contributed by atoms with van der Waals surface area (Å²) < 4.78 is 0. The number of nitrogens with one attached hydrogen (secondary N) is 4. The third-order valence-electron chi connectivity index (χ3n) is 10.5. The minimum Gasteiger partial charge on any atom is -0.393 e. The normalized spacial score (nSPS) is 23.0. The van der Waals surface area contributed by atoms with Crippen molar-refractivity contribution in [3.05, 3.63) is 0 Å². The summed E-state index contributed by atoms with van der Waals surface area (Å²) in [6.45, 7) is 18.4. The van der Waals surface area contributed by atoms with Crippen molar-refractivity contribution >= 4 is 29.5 Å². The summed E-state index contributed by atoms with van der Waals surface area (Å²) in [4.78, 5) is 69.6. The number of nitrogens with zero attached hydrogens (tertiary/aromatic N) is 1. The van der Waals surface area contributed by atoms with Gasteiger partial charge in [0.15, 0.2) is 0 Å². The number of amides is 5. The number of carbonyl (C=O) groups excluding carboxylic acids is 5. The molecule has 49 heavy (non-hydrogen) atoms. The van der Waals surface area contributed by atoms with Crippen molar-refractivity contribution in [1.82, 2.24) is 26.2 Å². The van der Waals surface area contributed by atoms with Crippen molar-refractivity contribution in [2.75, 3.05) is 6.54 Å².